The van der Waals surface area contributed by atoms with Gasteiger partial charge in [0.1, 0.15) is 18.3 Å². The molecule has 1 saturated heterocycles. The Morgan fingerprint density at radius 2 is 2.08 bits per heavy atom. The summed E-state index contributed by atoms with van der Waals surface area (Å²) >= 11 is 0. The van der Waals surface area contributed by atoms with Crippen molar-refractivity contribution in [2.24, 2.45) is 0 Å². The molecule has 0 radical (unpaired) electrons. The van der Waals surface area contributed by atoms with Crippen LogP contribution in [0, 0.1) is 0 Å². The van der Waals surface area contributed by atoms with Crippen LogP contribution in [-0.4, -0.2) is 65.0 Å². The lowest BCUT2D eigenvalue weighted by molar-refractivity contribution is -0.144. The summed E-state index contributed by atoms with van der Waals surface area (Å²) in [4.78, 5) is 53.4. The molecule has 0 spiro atoms. The van der Waals surface area contributed by atoms with Crippen molar-refractivity contribution in [1.82, 2.24) is 9.55 Å². The Morgan fingerprint density at radius 3 is 2.60 bits per heavy atom. The van der Waals surface area contributed by atoms with Crippen LogP contribution in [0.15, 0.2) is 21.9 Å². The molecule has 13 nitrogen and oxygen atoms in total. The van der Waals surface area contributed by atoms with Gasteiger partial charge in [0.25, 0.3) is 5.56 Å². The van der Waals surface area contributed by atoms with Gasteiger partial charge in [-0.2, -0.15) is 0 Å². The van der Waals surface area contributed by atoms with Gasteiger partial charge in [-0.3, -0.25) is 23.7 Å². The van der Waals surface area contributed by atoms with E-state index in [1.807, 2.05) is 4.98 Å². The number of phosphoric ester groups is 1. The zero-order valence-electron chi connectivity index (χ0n) is 12.3. The fourth-order valence-electron chi connectivity index (χ4n) is 2.41. The number of aromatic amines is 1. The monoisotopic (exact) mass is 382 g/mol. The van der Waals surface area contributed by atoms with Gasteiger partial charge in [-0.15, -0.1) is 0 Å². The maximum absolute atomic E-state index is 11.8. The van der Waals surface area contributed by atoms with Crippen molar-refractivity contribution in [3.8, 4) is 0 Å². The number of carboxylic acid groups (broad SMARTS) is 1. The largest absolute Gasteiger partial charge is 0.481 e. The highest BCUT2D eigenvalue weighted by atomic mass is 31.2. The molecule has 1 aromatic heterocycles. The predicted octanol–water partition coefficient (Wildman–Crippen LogP) is -2.89. The molecule has 14 heteroatoms. The number of ether oxygens (including phenoxy) is 1. The van der Waals surface area contributed by atoms with E-state index in [9.17, 15) is 29.2 Å². The molecule has 1 aliphatic rings. The van der Waals surface area contributed by atoms with Gasteiger partial charge in [-0.25, -0.2) is 9.36 Å². The number of rotatable bonds is 6. The lowest BCUT2D eigenvalue weighted by atomic mass is 10.0. The molecule has 1 aliphatic heterocycles. The first-order valence-electron chi connectivity index (χ1n) is 6.78. The molecule has 0 unspecified atom stereocenters. The van der Waals surface area contributed by atoms with Crippen LogP contribution in [-0.2, 0) is 18.6 Å². The zero-order valence-corrected chi connectivity index (χ0v) is 13.2. The molecule has 1 aromatic rings. The number of aliphatic hydroxyl groups excluding tert-OH is 2. The summed E-state index contributed by atoms with van der Waals surface area (Å²) in [6.07, 6.45) is -8.60. The Bertz CT molecular complexity index is 798. The van der Waals surface area contributed by atoms with Gasteiger partial charge in [0.2, 0.25) is 0 Å². The summed E-state index contributed by atoms with van der Waals surface area (Å²) in [7, 11) is -5.14. The van der Waals surface area contributed by atoms with Gasteiger partial charge in [0.15, 0.2) is 6.23 Å². The van der Waals surface area contributed by atoms with Crippen LogP contribution in [0.3, 0.4) is 0 Å². The minimum absolute atomic E-state index is 0.679. The molecule has 25 heavy (non-hydrogen) atoms. The molecule has 1 fully saturated rings. The molecule has 0 bridgehead atoms. The van der Waals surface area contributed by atoms with E-state index in [0.29, 0.717) is 4.57 Å². The minimum atomic E-state index is -5.14. The highest BCUT2D eigenvalue weighted by molar-refractivity contribution is 7.46. The molecule has 140 valence electrons. The van der Waals surface area contributed by atoms with Gasteiger partial charge in [0.05, 0.1) is 12.5 Å². The number of aliphatic hydroxyl groups is 2. The zero-order chi connectivity index (χ0) is 18.9. The van der Waals surface area contributed by atoms with Crippen LogP contribution in [0.5, 0.6) is 0 Å². The third kappa shape index (κ3) is 4.61. The summed E-state index contributed by atoms with van der Waals surface area (Å²) in [6.45, 7) is 0. The second-order valence-corrected chi connectivity index (χ2v) is 6.42. The summed E-state index contributed by atoms with van der Waals surface area (Å²) in [5.41, 5.74) is -1.79. The number of aromatic nitrogens is 2. The van der Waals surface area contributed by atoms with E-state index < -0.39 is 62.1 Å². The molecule has 0 aliphatic carbocycles. The maximum atomic E-state index is 11.8. The van der Waals surface area contributed by atoms with E-state index in [4.69, 9.17) is 19.6 Å². The number of carbonyl (C=O) groups is 1. The summed E-state index contributed by atoms with van der Waals surface area (Å²) in [5, 5.41) is 28.7. The van der Waals surface area contributed by atoms with E-state index in [0.717, 1.165) is 12.3 Å². The molecule has 2 heterocycles. The second-order valence-electron chi connectivity index (χ2n) is 5.23. The fraction of sp³-hybridized carbons (Fsp3) is 0.545. The Hall–Kier alpha value is -1.86. The van der Waals surface area contributed by atoms with Gasteiger partial charge >= 0.3 is 19.5 Å². The Labute approximate surface area is 138 Å². The topological polar surface area (TPSA) is 209 Å². The summed E-state index contributed by atoms with van der Waals surface area (Å²) in [5.74, 6) is -1.42. The maximum Gasteiger partial charge on any atom is 0.470 e. The number of nitrogens with one attached hydrogen (secondary N) is 1. The molecule has 5 atom stereocenters. The van der Waals surface area contributed by atoms with Crippen LogP contribution < -0.4 is 11.2 Å². The van der Waals surface area contributed by atoms with E-state index in [1.54, 1.807) is 0 Å². The fourth-order valence-corrected chi connectivity index (χ4v) is 2.96. The van der Waals surface area contributed by atoms with Crippen molar-refractivity contribution in [2.75, 3.05) is 0 Å². The molecule has 0 aromatic carbocycles. The van der Waals surface area contributed by atoms with Gasteiger partial charge in [0, 0.05) is 12.3 Å². The summed E-state index contributed by atoms with van der Waals surface area (Å²) in [6, 6.07) is 0.909. The van der Waals surface area contributed by atoms with E-state index in [2.05, 4.69) is 4.52 Å². The standard InChI is InChI=1S/C11H15N2O11P/c14-4(3-6(16)17)8-7(18)9(24-25(20,21)22)10(23-8)13-2-1-5(15)12-11(13)19/h1-2,4,7-10,14,18H,3H2,(H,16,17)(H,12,15,19)(H2,20,21,22)/t4-,7-,8-,9-,10-/m1/s1. The van der Waals surface area contributed by atoms with Crippen molar-refractivity contribution in [3.05, 3.63) is 33.1 Å². The number of aliphatic carboxylic acids is 1. The molecule has 2 rings (SSSR count). The quantitative estimate of drug-likeness (QED) is 0.275. The highest BCUT2D eigenvalue weighted by Gasteiger charge is 2.51. The molecular formula is C11H15N2O11P. The Balaban J connectivity index is 2.40. The number of nitrogens with zero attached hydrogens (tertiary/aromatic N) is 1. The Kier molecular flexibility index (Phi) is 5.58. The molecular weight excluding hydrogens is 367 g/mol. The number of hydrogen-bond donors (Lipinski definition) is 6. The summed E-state index contributed by atoms with van der Waals surface area (Å²) < 4.78 is 21.4. The predicted molar refractivity (Wildman–Crippen MR) is 76.4 cm³/mol. The number of H-pyrrole nitrogens is 1. The Morgan fingerprint density at radius 1 is 1.44 bits per heavy atom. The first-order chi connectivity index (χ1) is 11.5. The second kappa shape index (κ2) is 7.17. The first-order valence-corrected chi connectivity index (χ1v) is 8.31. The van der Waals surface area contributed by atoms with Crippen LogP contribution in [0.1, 0.15) is 12.6 Å². The molecule has 0 saturated carbocycles. The van der Waals surface area contributed by atoms with Crippen LogP contribution in [0.2, 0.25) is 0 Å². The van der Waals surface area contributed by atoms with Gasteiger partial charge in [-0.05, 0) is 0 Å². The SMILES string of the molecule is O=C(O)C[C@@H](O)[C@H]1O[C@@H](n2ccc(=O)[nH]c2=O)[C@H](OP(=O)(O)O)[C@@H]1O. The number of hydrogen-bond acceptors (Lipinski definition) is 8. The average molecular weight is 382 g/mol. The van der Waals surface area contributed by atoms with Gasteiger partial charge < -0.3 is 29.8 Å². The lowest BCUT2D eigenvalue weighted by Crippen LogP contribution is -2.41. The van der Waals surface area contributed by atoms with Crippen molar-refractivity contribution in [3.63, 3.8) is 0 Å². The lowest BCUT2D eigenvalue weighted by Gasteiger charge is -2.22. The number of carboxylic acids is 1. The van der Waals surface area contributed by atoms with Crippen molar-refractivity contribution in [2.45, 2.75) is 37.1 Å². The molecule has 6 N–H and O–H groups in total. The van der Waals surface area contributed by atoms with Crippen LogP contribution in [0.4, 0.5) is 0 Å². The minimum Gasteiger partial charge on any atom is -0.481 e. The highest BCUT2D eigenvalue weighted by Crippen LogP contribution is 2.44. The third-order valence-electron chi connectivity index (χ3n) is 3.40. The molecule has 0 amide bonds. The van der Waals surface area contributed by atoms with Crippen LogP contribution in [0.25, 0.3) is 0 Å². The van der Waals surface area contributed by atoms with Crippen molar-refractivity contribution >= 4 is 13.8 Å². The van der Waals surface area contributed by atoms with Crippen LogP contribution >= 0.6 is 7.82 Å². The first kappa shape index (κ1) is 19.5. The normalized spacial score (nSPS) is 28.0. The average Bonchev–Trinajstić information content (AvgIpc) is 2.74. The smallest absolute Gasteiger partial charge is 0.470 e. The third-order valence-corrected chi connectivity index (χ3v) is 3.92. The van der Waals surface area contributed by atoms with Crippen molar-refractivity contribution in [1.29, 1.82) is 0 Å². The van der Waals surface area contributed by atoms with E-state index in [1.165, 1.54) is 0 Å². The van der Waals surface area contributed by atoms with E-state index >= 15 is 0 Å². The van der Waals surface area contributed by atoms with Gasteiger partial charge in [-0.1, -0.05) is 0 Å². The van der Waals surface area contributed by atoms with E-state index in [-0.39, 0.29) is 0 Å². The number of phosphoric acid groups is 1. The van der Waals surface area contributed by atoms with Crippen molar-refractivity contribution < 1.29 is 43.7 Å².